The zero-order valence-electron chi connectivity index (χ0n) is 15.2. The highest BCUT2D eigenvalue weighted by molar-refractivity contribution is 5.78. The fourth-order valence-corrected chi connectivity index (χ4v) is 3.56. The minimum Gasteiger partial charge on any atom is -0.336 e. The molecule has 1 aliphatic rings. The summed E-state index contributed by atoms with van der Waals surface area (Å²) in [6.07, 6.45) is 5.40. The van der Waals surface area contributed by atoms with E-state index in [-0.39, 0.29) is 23.9 Å². The summed E-state index contributed by atoms with van der Waals surface area (Å²) in [5.41, 5.74) is 0.552. The van der Waals surface area contributed by atoms with Crippen molar-refractivity contribution < 1.29 is 4.79 Å². The molecule has 1 unspecified atom stereocenters. The highest BCUT2D eigenvalue weighted by Crippen LogP contribution is 2.21. The van der Waals surface area contributed by atoms with E-state index in [4.69, 9.17) is 0 Å². The Kier molecular flexibility index (Phi) is 4.72. The van der Waals surface area contributed by atoms with Gasteiger partial charge in [-0.3, -0.25) is 14.2 Å². The lowest BCUT2D eigenvalue weighted by molar-refractivity contribution is -0.135. The van der Waals surface area contributed by atoms with Crippen LogP contribution in [0, 0.1) is 0 Å². The van der Waals surface area contributed by atoms with Gasteiger partial charge in [-0.1, -0.05) is 12.1 Å². The first-order chi connectivity index (χ1) is 13.1. The van der Waals surface area contributed by atoms with Crippen molar-refractivity contribution in [3.8, 4) is 0 Å². The number of hydrogen-bond donors (Lipinski definition) is 1. The second kappa shape index (κ2) is 7.32. The van der Waals surface area contributed by atoms with Crippen LogP contribution in [0.1, 0.15) is 18.3 Å². The minimum atomic E-state index is -0.116. The van der Waals surface area contributed by atoms with E-state index in [1.165, 1.54) is 10.9 Å². The predicted octanol–water partition coefficient (Wildman–Crippen LogP) is 0.693. The van der Waals surface area contributed by atoms with Crippen LogP contribution in [-0.4, -0.2) is 49.5 Å². The summed E-state index contributed by atoms with van der Waals surface area (Å²) in [4.78, 5) is 36.1. The largest absolute Gasteiger partial charge is 0.336 e. The van der Waals surface area contributed by atoms with Crippen molar-refractivity contribution in [1.29, 1.82) is 0 Å². The zero-order valence-corrected chi connectivity index (χ0v) is 15.2. The first-order valence-electron chi connectivity index (χ1n) is 9.07. The summed E-state index contributed by atoms with van der Waals surface area (Å²) >= 11 is 0. The summed E-state index contributed by atoms with van der Waals surface area (Å²) in [5.74, 6) is 0.879. The Morgan fingerprint density at radius 2 is 2.15 bits per heavy atom. The van der Waals surface area contributed by atoms with E-state index < -0.39 is 0 Å². The molecule has 2 aromatic heterocycles. The lowest BCUT2D eigenvalue weighted by Gasteiger charge is -2.35. The molecule has 1 N–H and O–H groups in total. The molecule has 27 heavy (non-hydrogen) atoms. The van der Waals surface area contributed by atoms with Crippen molar-refractivity contribution in [2.45, 2.75) is 19.0 Å². The predicted molar refractivity (Wildman–Crippen MR) is 101 cm³/mol. The van der Waals surface area contributed by atoms with Gasteiger partial charge in [-0.15, -0.1) is 0 Å². The van der Waals surface area contributed by atoms with E-state index >= 15 is 0 Å². The SMILES string of the molecule is Cn1ccnc1C1CNCCN1C(=O)CCn1cnc2ccccc2c1=O. The third-order valence-electron chi connectivity index (χ3n) is 5.02. The normalized spacial score (nSPS) is 17.4. The van der Waals surface area contributed by atoms with Crippen molar-refractivity contribution in [1.82, 2.24) is 29.3 Å². The van der Waals surface area contributed by atoms with E-state index in [1.807, 2.05) is 40.9 Å². The summed E-state index contributed by atoms with van der Waals surface area (Å²) in [6.45, 7) is 2.37. The maximum absolute atomic E-state index is 12.9. The van der Waals surface area contributed by atoms with Crippen LogP contribution in [0.3, 0.4) is 0 Å². The number of aromatic nitrogens is 4. The van der Waals surface area contributed by atoms with Crippen molar-refractivity contribution >= 4 is 16.8 Å². The number of imidazole rings is 1. The van der Waals surface area contributed by atoms with Gasteiger partial charge in [-0.05, 0) is 12.1 Å². The summed E-state index contributed by atoms with van der Waals surface area (Å²) in [5, 5.41) is 3.90. The molecule has 1 saturated heterocycles. The molecule has 0 spiro atoms. The van der Waals surface area contributed by atoms with Crippen LogP contribution in [0.25, 0.3) is 10.9 Å². The number of para-hydroxylation sites is 1. The van der Waals surface area contributed by atoms with Crippen LogP contribution in [0.5, 0.6) is 0 Å². The van der Waals surface area contributed by atoms with Gasteiger partial charge in [0, 0.05) is 52.0 Å². The number of amides is 1. The number of carbonyl (C=O) groups excluding carboxylic acids is 1. The summed E-state index contributed by atoms with van der Waals surface area (Å²) in [6, 6.07) is 7.14. The van der Waals surface area contributed by atoms with E-state index in [1.54, 1.807) is 12.3 Å². The van der Waals surface area contributed by atoms with Gasteiger partial charge >= 0.3 is 0 Å². The Balaban J connectivity index is 1.51. The molecule has 0 bridgehead atoms. The molecule has 3 aromatic rings. The number of aryl methyl sites for hydroxylation is 2. The van der Waals surface area contributed by atoms with Crippen LogP contribution in [0.4, 0.5) is 0 Å². The summed E-state index contributed by atoms with van der Waals surface area (Å²) in [7, 11) is 1.93. The second-order valence-corrected chi connectivity index (χ2v) is 6.71. The quantitative estimate of drug-likeness (QED) is 0.734. The standard InChI is InChI=1S/C19H22N6O2/c1-23-10-8-21-18(23)16-12-20-7-11-25(16)17(26)6-9-24-13-22-15-5-3-2-4-14(15)19(24)27/h2-5,8,10,13,16,20H,6-7,9,11-12H2,1H3. The fourth-order valence-electron chi connectivity index (χ4n) is 3.56. The topological polar surface area (TPSA) is 85.1 Å². The number of piperazine rings is 1. The molecule has 1 atom stereocenters. The molecular weight excluding hydrogens is 344 g/mol. The summed E-state index contributed by atoms with van der Waals surface area (Å²) < 4.78 is 3.45. The van der Waals surface area contributed by atoms with Gasteiger partial charge in [0.05, 0.1) is 17.2 Å². The van der Waals surface area contributed by atoms with Crippen molar-refractivity contribution in [2.75, 3.05) is 19.6 Å². The van der Waals surface area contributed by atoms with Crippen LogP contribution < -0.4 is 10.9 Å². The molecular formula is C19H22N6O2. The first kappa shape index (κ1) is 17.4. The molecule has 1 aromatic carbocycles. The molecule has 8 nitrogen and oxygen atoms in total. The van der Waals surface area contributed by atoms with E-state index in [0.717, 1.165) is 12.4 Å². The number of carbonyl (C=O) groups is 1. The number of nitrogens with one attached hydrogen (secondary N) is 1. The van der Waals surface area contributed by atoms with Gasteiger partial charge < -0.3 is 14.8 Å². The lowest BCUT2D eigenvalue weighted by Crippen LogP contribution is -2.49. The molecule has 3 heterocycles. The average molecular weight is 366 g/mol. The highest BCUT2D eigenvalue weighted by atomic mass is 16.2. The lowest BCUT2D eigenvalue weighted by atomic mass is 10.1. The van der Waals surface area contributed by atoms with E-state index in [0.29, 0.717) is 30.5 Å². The van der Waals surface area contributed by atoms with Gasteiger partial charge in [0.2, 0.25) is 5.91 Å². The average Bonchev–Trinajstić information content (AvgIpc) is 3.13. The van der Waals surface area contributed by atoms with Gasteiger partial charge in [0.25, 0.3) is 5.56 Å². The van der Waals surface area contributed by atoms with Crippen LogP contribution in [-0.2, 0) is 18.4 Å². The van der Waals surface area contributed by atoms with Crippen molar-refractivity contribution in [3.05, 3.63) is 59.2 Å². The number of hydrogen-bond acceptors (Lipinski definition) is 5. The molecule has 0 saturated carbocycles. The van der Waals surface area contributed by atoms with E-state index in [2.05, 4.69) is 15.3 Å². The highest BCUT2D eigenvalue weighted by Gasteiger charge is 2.30. The van der Waals surface area contributed by atoms with Crippen LogP contribution in [0.2, 0.25) is 0 Å². The molecule has 0 aliphatic carbocycles. The molecule has 4 rings (SSSR count). The third kappa shape index (κ3) is 3.35. The smallest absolute Gasteiger partial charge is 0.261 e. The third-order valence-corrected chi connectivity index (χ3v) is 5.02. The molecule has 1 aliphatic heterocycles. The Morgan fingerprint density at radius 1 is 1.30 bits per heavy atom. The molecule has 8 heteroatoms. The van der Waals surface area contributed by atoms with Gasteiger partial charge in [0.15, 0.2) is 0 Å². The first-order valence-corrected chi connectivity index (χ1v) is 9.07. The number of fused-ring (bicyclic) bond motifs is 1. The molecule has 1 amide bonds. The number of rotatable bonds is 4. The zero-order chi connectivity index (χ0) is 18.8. The number of nitrogens with zero attached hydrogens (tertiary/aromatic N) is 5. The maximum Gasteiger partial charge on any atom is 0.261 e. The minimum absolute atomic E-state index is 0.0181. The fraction of sp³-hybridized carbons (Fsp3) is 0.368. The van der Waals surface area contributed by atoms with Gasteiger partial charge in [-0.25, -0.2) is 9.97 Å². The Bertz CT molecular complexity index is 1020. The molecule has 140 valence electrons. The van der Waals surface area contributed by atoms with Gasteiger partial charge in [0.1, 0.15) is 11.9 Å². The molecule has 0 radical (unpaired) electrons. The van der Waals surface area contributed by atoms with E-state index in [9.17, 15) is 9.59 Å². The second-order valence-electron chi connectivity index (χ2n) is 6.71. The van der Waals surface area contributed by atoms with Crippen LogP contribution >= 0.6 is 0 Å². The van der Waals surface area contributed by atoms with Crippen molar-refractivity contribution in [2.24, 2.45) is 7.05 Å². The Hall–Kier alpha value is -3.00. The van der Waals surface area contributed by atoms with Crippen molar-refractivity contribution in [3.63, 3.8) is 0 Å². The molecule has 1 fully saturated rings. The Labute approximate surface area is 156 Å². The monoisotopic (exact) mass is 366 g/mol. The Morgan fingerprint density at radius 3 is 2.96 bits per heavy atom. The van der Waals surface area contributed by atoms with Crippen LogP contribution in [0.15, 0.2) is 47.8 Å². The maximum atomic E-state index is 12.9. The van der Waals surface area contributed by atoms with Gasteiger partial charge in [-0.2, -0.15) is 0 Å². The number of benzene rings is 1.